The number of rotatable bonds is 54. The molecule has 0 N–H and O–H groups in total. The fourth-order valence-corrected chi connectivity index (χ4v) is 8.27. The number of ether oxygens (including phenoxy) is 3. The highest BCUT2D eigenvalue weighted by Crippen LogP contribution is 2.16. The van der Waals surface area contributed by atoms with E-state index in [1.807, 2.05) is 6.08 Å². The molecule has 0 fully saturated rings. The van der Waals surface area contributed by atoms with E-state index in [1.54, 1.807) is 0 Å². The van der Waals surface area contributed by atoms with E-state index in [2.05, 4.69) is 112 Å². The summed E-state index contributed by atoms with van der Waals surface area (Å²) in [6, 6.07) is 0. The summed E-state index contributed by atoms with van der Waals surface area (Å²) in [7, 11) is 0. The SMILES string of the molecule is CC/C=C\C/C=C\C/C=C\C/C=C\CCC(=O)OCC(COC(=O)CCCCCCCCCCCCCCCCC/C=C\C/C=C\CCCCCCC)OC(=O)CCCCCCC/C=C\C/C=C\CCCC. The fourth-order valence-electron chi connectivity index (χ4n) is 8.27. The molecular weight excluding hydrogens is 889 g/mol. The van der Waals surface area contributed by atoms with Crippen LogP contribution in [0.4, 0.5) is 0 Å². The van der Waals surface area contributed by atoms with Crippen LogP contribution in [0, 0.1) is 0 Å². The zero-order valence-corrected chi connectivity index (χ0v) is 47.2. The Morgan fingerprint density at radius 1 is 0.292 bits per heavy atom. The Kier molecular flexibility index (Phi) is 56.8. The molecule has 0 spiro atoms. The lowest BCUT2D eigenvalue weighted by molar-refractivity contribution is -0.166. The molecule has 0 aliphatic rings. The van der Waals surface area contributed by atoms with Crippen LogP contribution in [-0.2, 0) is 28.6 Å². The molecule has 72 heavy (non-hydrogen) atoms. The molecule has 0 heterocycles. The Morgan fingerprint density at radius 2 is 0.583 bits per heavy atom. The van der Waals surface area contributed by atoms with Gasteiger partial charge in [-0.25, -0.2) is 0 Å². The minimum atomic E-state index is -0.814. The van der Waals surface area contributed by atoms with Gasteiger partial charge in [0.05, 0.1) is 0 Å². The van der Waals surface area contributed by atoms with Crippen molar-refractivity contribution < 1.29 is 28.6 Å². The first kappa shape index (κ1) is 68.3. The van der Waals surface area contributed by atoms with E-state index in [0.717, 1.165) is 96.3 Å². The van der Waals surface area contributed by atoms with Crippen molar-refractivity contribution in [3.63, 3.8) is 0 Å². The molecule has 0 aliphatic heterocycles. The Bertz CT molecular complexity index is 1430. The van der Waals surface area contributed by atoms with Crippen molar-refractivity contribution >= 4 is 17.9 Å². The minimum absolute atomic E-state index is 0.105. The second-order valence-corrected chi connectivity index (χ2v) is 19.9. The number of allylic oxidation sites excluding steroid dienone is 16. The maximum Gasteiger partial charge on any atom is 0.306 e. The van der Waals surface area contributed by atoms with Crippen LogP contribution < -0.4 is 0 Å². The number of unbranched alkanes of at least 4 members (excludes halogenated alkanes) is 27. The number of hydrogen-bond acceptors (Lipinski definition) is 6. The van der Waals surface area contributed by atoms with Gasteiger partial charge >= 0.3 is 17.9 Å². The lowest BCUT2D eigenvalue weighted by Gasteiger charge is -2.18. The predicted molar refractivity (Wildman–Crippen MR) is 311 cm³/mol. The zero-order valence-electron chi connectivity index (χ0n) is 47.2. The van der Waals surface area contributed by atoms with E-state index in [-0.39, 0.29) is 37.5 Å². The van der Waals surface area contributed by atoms with Gasteiger partial charge in [-0.15, -0.1) is 0 Å². The summed E-state index contributed by atoms with van der Waals surface area (Å²) in [6.45, 7) is 6.41. The third kappa shape index (κ3) is 57.2. The number of esters is 3. The van der Waals surface area contributed by atoms with Crippen LogP contribution >= 0.6 is 0 Å². The molecule has 1 atom stereocenters. The summed E-state index contributed by atoms with van der Waals surface area (Å²) < 4.78 is 16.8. The summed E-state index contributed by atoms with van der Waals surface area (Å²) in [6.07, 6.45) is 80.0. The minimum Gasteiger partial charge on any atom is -0.462 e. The molecule has 0 radical (unpaired) electrons. The molecule has 0 amide bonds. The van der Waals surface area contributed by atoms with Crippen LogP contribution in [0.25, 0.3) is 0 Å². The summed E-state index contributed by atoms with van der Waals surface area (Å²) in [5, 5.41) is 0. The lowest BCUT2D eigenvalue weighted by Crippen LogP contribution is -2.30. The van der Waals surface area contributed by atoms with Crippen LogP contribution in [0.5, 0.6) is 0 Å². The van der Waals surface area contributed by atoms with Gasteiger partial charge in [-0.05, 0) is 103 Å². The van der Waals surface area contributed by atoms with Crippen LogP contribution in [0.15, 0.2) is 97.2 Å². The summed E-state index contributed by atoms with van der Waals surface area (Å²) >= 11 is 0. The van der Waals surface area contributed by atoms with Crippen molar-refractivity contribution in [1.82, 2.24) is 0 Å². The Hall–Kier alpha value is -3.67. The van der Waals surface area contributed by atoms with Crippen molar-refractivity contribution in [2.75, 3.05) is 13.2 Å². The van der Waals surface area contributed by atoms with Gasteiger partial charge in [0.15, 0.2) is 6.10 Å². The first-order valence-electron chi connectivity index (χ1n) is 30.2. The normalized spacial score (nSPS) is 12.8. The molecule has 6 nitrogen and oxygen atoms in total. The van der Waals surface area contributed by atoms with Crippen molar-refractivity contribution in [2.45, 2.75) is 290 Å². The maximum absolute atomic E-state index is 12.8. The number of carbonyl (C=O) groups excluding carboxylic acids is 3. The molecular formula is C66H112O6. The first-order valence-corrected chi connectivity index (χ1v) is 30.2. The summed E-state index contributed by atoms with van der Waals surface area (Å²) in [5.41, 5.74) is 0. The quantitative estimate of drug-likeness (QED) is 0.0261. The third-order valence-electron chi connectivity index (χ3n) is 12.8. The molecule has 0 aromatic heterocycles. The highest BCUT2D eigenvalue weighted by molar-refractivity contribution is 5.71. The standard InChI is InChI=1S/C66H112O6/c1-4-7-10-13-16-19-22-25-27-28-29-30-31-32-33-34-35-36-37-38-39-42-44-47-50-53-56-59-65(68)71-62-63(61-70-64(67)58-55-52-49-46-43-40-24-21-18-15-12-9-6-3)72-66(69)60-57-54-51-48-45-41-26-23-20-17-14-11-8-5-2/h9,12,14,17-18,21-23,25-26,28-29,40,43,49,52,63H,4-8,10-11,13,15-16,19-20,24,27,30-39,41-42,44-48,50-51,53-62H2,1-3H3/b12-9-,17-14-,21-18-,25-22-,26-23-,29-28-,43-40-,52-49-. The molecule has 0 bridgehead atoms. The second-order valence-electron chi connectivity index (χ2n) is 19.9. The average molecular weight is 1000 g/mol. The van der Waals surface area contributed by atoms with Gasteiger partial charge in [0.2, 0.25) is 0 Å². The van der Waals surface area contributed by atoms with E-state index in [4.69, 9.17) is 14.2 Å². The molecule has 6 heteroatoms. The second kappa shape index (κ2) is 59.9. The van der Waals surface area contributed by atoms with E-state index in [9.17, 15) is 14.4 Å². The molecule has 0 saturated heterocycles. The van der Waals surface area contributed by atoms with Crippen molar-refractivity contribution in [3.05, 3.63) is 97.2 Å². The first-order chi connectivity index (χ1) is 35.5. The molecule has 1 unspecified atom stereocenters. The van der Waals surface area contributed by atoms with Crippen molar-refractivity contribution in [2.24, 2.45) is 0 Å². The summed E-state index contributed by atoms with van der Waals surface area (Å²) in [5.74, 6) is -1.00. The molecule has 0 aromatic rings. The van der Waals surface area contributed by atoms with Gasteiger partial charge in [-0.2, -0.15) is 0 Å². The van der Waals surface area contributed by atoms with E-state index in [1.165, 1.54) is 141 Å². The van der Waals surface area contributed by atoms with Crippen molar-refractivity contribution in [1.29, 1.82) is 0 Å². The topological polar surface area (TPSA) is 78.9 Å². The molecule has 0 saturated carbocycles. The Balaban J connectivity index is 4.28. The highest BCUT2D eigenvalue weighted by Gasteiger charge is 2.19. The largest absolute Gasteiger partial charge is 0.462 e. The Morgan fingerprint density at radius 3 is 0.972 bits per heavy atom. The van der Waals surface area contributed by atoms with Crippen LogP contribution in [0.1, 0.15) is 284 Å². The van der Waals surface area contributed by atoms with E-state index >= 15 is 0 Å². The van der Waals surface area contributed by atoms with Gasteiger partial charge in [-0.1, -0.05) is 259 Å². The molecule has 412 valence electrons. The molecule has 0 rings (SSSR count). The number of carbonyl (C=O) groups is 3. The maximum atomic E-state index is 12.8. The average Bonchev–Trinajstić information content (AvgIpc) is 3.38. The van der Waals surface area contributed by atoms with E-state index in [0.29, 0.717) is 19.3 Å². The Labute approximate surface area is 445 Å². The van der Waals surface area contributed by atoms with Gasteiger partial charge in [0.25, 0.3) is 0 Å². The van der Waals surface area contributed by atoms with Gasteiger partial charge in [0, 0.05) is 19.3 Å². The zero-order chi connectivity index (χ0) is 52.2. The monoisotopic (exact) mass is 1000 g/mol. The smallest absolute Gasteiger partial charge is 0.306 e. The van der Waals surface area contributed by atoms with Gasteiger partial charge in [-0.3, -0.25) is 14.4 Å². The van der Waals surface area contributed by atoms with Gasteiger partial charge in [0.1, 0.15) is 13.2 Å². The molecule has 0 aliphatic carbocycles. The lowest BCUT2D eigenvalue weighted by atomic mass is 10.0. The predicted octanol–water partition coefficient (Wildman–Crippen LogP) is 20.5. The van der Waals surface area contributed by atoms with Crippen LogP contribution in [-0.4, -0.2) is 37.2 Å². The van der Waals surface area contributed by atoms with Gasteiger partial charge < -0.3 is 14.2 Å². The third-order valence-corrected chi connectivity index (χ3v) is 12.8. The number of hydrogen-bond donors (Lipinski definition) is 0. The summed E-state index contributed by atoms with van der Waals surface area (Å²) in [4.78, 5) is 38.1. The molecule has 0 aromatic carbocycles. The highest BCUT2D eigenvalue weighted by atomic mass is 16.6. The van der Waals surface area contributed by atoms with Crippen LogP contribution in [0.2, 0.25) is 0 Å². The van der Waals surface area contributed by atoms with Crippen molar-refractivity contribution in [3.8, 4) is 0 Å². The fraction of sp³-hybridized carbons (Fsp3) is 0.712. The van der Waals surface area contributed by atoms with Crippen LogP contribution in [0.3, 0.4) is 0 Å². The van der Waals surface area contributed by atoms with E-state index < -0.39 is 6.10 Å².